The Balaban J connectivity index is 1.45. The number of amides is 2. The van der Waals surface area contributed by atoms with E-state index in [4.69, 9.17) is 19.9 Å². The third kappa shape index (κ3) is 7.17. The molecule has 1 unspecified atom stereocenters. The summed E-state index contributed by atoms with van der Waals surface area (Å²) in [5.41, 5.74) is 8.25. The highest BCUT2D eigenvalue weighted by molar-refractivity contribution is 6.02. The van der Waals surface area contributed by atoms with Crippen LogP contribution >= 0.6 is 0 Å². The van der Waals surface area contributed by atoms with Crippen LogP contribution in [0.2, 0.25) is 0 Å². The Morgan fingerprint density at radius 3 is 2.40 bits per heavy atom. The first-order valence-corrected chi connectivity index (χ1v) is 13.4. The van der Waals surface area contributed by atoms with E-state index in [0.717, 1.165) is 38.4 Å². The predicted octanol–water partition coefficient (Wildman–Crippen LogP) is 2.90. The first kappa shape index (κ1) is 29.1. The molecule has 1 saturated heterocycles. The molecular formula is C30H36N4O6. The predicted molar refractivity (Wildman–Crippen MR) is 146 cm³/mol. The van der Waals surface area contributed by atoms with Crippen LogP contribution in [0.1, 0.15) is 66.2 Å². The van der Waals surface area contributed by atoms with Crippen molar-refractivity contribution in [1.82, 2.24) is 9.80 Å². The van der Waals surface area contributed by atoms with Crippen LogP contribution in [0.4, 0.5) is 0 Å². The van der Waals surface area contributed by atoms with Crippen molar-refractivity contribution < 1.29 is 28.6 Å². The standard InChI is InChI=1S/C30H36N4O6/c1-30(2,3)40-26(35)11-10-25(28(32)36)34-18-24-23(29(34)37)9-8-22(16-31)27(24)39-19-21-6-4-20(5-7-21)17-33-12-14-38-15-13-33/h4-9,25H,10-15,17-19H2,1-3H3,(H2,32,36). The van der Waals surface area contributed by atoms with Gasteiger partial charge in [0.2, 0.25) is 5.91 Å². The van der Waals surface area contributed by atoms with Gasteiger partial charge in [-0.25, -0.2) is 0 Å². The lowest BCUT2D eigenvalue weighted by molar-refractivity contribution is -0.155. The fourth-order valence-corrected chi connectivity index (χ4v) is 4.90. The van der Waals surface area contributed by atoms with Crippen LogP contribution in [0.15, 0.2) is 36.4 Å². The van der Waals surface area contributed by atoms with Crippen molar-refractivity contribution in [2.75, 3.05) is 26.3 Å². The molecule has 0 spiro atoms. The highest BCUT2D eigenvalue weighted by atomic mass is 16.6. The van der Waals surface area contributed by atoms with Crippen molar-refractivity contribution >= 4 is 17.8 Å². The van der Waals surface area contributed by atoms with Crippen LogP contribution in [0.5, 0.6) is 5.75 Å². The van der Waals surface area contributed by atoms with Crippen molar-refractivity contribution in [1.29, 1.82) is 5.26 Å². The Bertz CT molecular complexity index is 1290. The molecule has 2 heterocycles. The summed E-state index contributed by atoms with van der Waals surface area (Å²) >= 11 is 0. The van der Waals surface area contributed by atoms with Gasteiger partial charge in [0.05, 0.1) is 25.3 Å². The Hall–Kier alpha value is -3.94. The number of morpholine rings is 1. The van der Waals surface area contributed by atoms with Crippen LogP contribution in [-0.4, -0.2) is 65.5 Å². The van der Waals surface area contributed by atoms with E-state index in [1.54, 1.807) is 32.9 Å². The zero-order valence-corrected chi connectivity index (χ0v) is 23.3. The van der Waals surface area contributed by atoms with Crippen molar-refractivity contribution in [3.63, 3.8) is 0 Å². The summed E-state index contributed by atoms with van der Waals surface area (Å²) in [5, 5.41) is 9.74. The summed E-state index contributed by atoms with van der Waals surface area (Å²) in [6.07, 6.45) is -0.0403. The molecule has 2 aromatic rings. The molecule has 0 saturated carbocycles. The van der Waals surface area contributed by atoms with Crippen LogP contribution in [0.3, 0.4) is 0 Å². The van der Waals surface area contributed by atoms with Gasteiger partial charge >= 0.3 is 5.97 Å². The average molecular weight is 549 g/mol. The lowest BCUT2D eigenvalue weighted by Gasteiger charge is -2.26. The molecule has 2 aliphatic heterocycles. The van der Waals surface area contributed by atoms with Gasteiger partial charge in [-0.2, -0.15) is 5.26 Å². The third-order valence-electron chi connectivity index (χ3n) is 6.86. The summed E-state index contributed by atoms with van der Waals surface area (Å²) < 4.78 is 16.9. The van der Waals surface area contributed by atoms with Gasteiger partial charge in [0.1, 0.15) is 30.1 Å². The zero-order chi connectivity index (χ0) is 28.9. The van der Waals surface area contributed by atoms with Crippen LogP contribution < -0.4 is 10.5 Å². The maximum Gasteiger partial charge on any atom is 0.306 e. The highest BCUT2D eigenvalue weighted by Crippen LogP contribution is 2.36. The molecule has 0 aliphatic carbocycles. The quantitative estimate of drug-likeness (QED) is 0.448. The summed E-state index contributed by atoms with van der Waals surface area (Å²) in [6, 6.07) is 12.3. The second kappa shape index (κ2) is 12.5. The minimum Gasteiger partial charge on any atom is -0.487 e. The number of fused-ring (bicyclic) bond motifs is 1. The lowest BCUT2D eigenvalue weighted by Crippen LogP contribution is -2.45. The van der Waals surface area contributed by atoms with Crippen molar-refractivity contribution in [2.24, 2.45) is 5.73 Å². The van der Waals surface area contributed by atoms with Gasteiger partial charge in [-0.15, -0.1) is 0 Å². The maximum atomic E-state index is 13.3. The SMILES string of the molecule is CC(C)(C)OC(=O)CCC(C(N)=O)N1Cc2c(ccc(C#N)c2OCc2ccc(CN3CCOCC3)cc2)C1=O. The Kier molecular flexibility index (Phi) is 9.07. The molecule has 212 valence electrons. The molecule has 0 aromatic heterocycles. The number of hydrogen-bond donors (Lipinski definition) is 1. The molecule has 2 aromatic carbocycles. The number of esters is 1. The number of carbonyl (C=O) groups excluding carboxylic acids is 3. The largest absolute Gasteiger partial charge is 0.487 e. The van der Waals surface area contributed by atoms with Gasteiger partial charge in [-0.3, -0.25) is 19.3 Å². The second-order valence-electron chi connectivity index (χ2n) is 11.1. The molecule has 0 bridgehead atoms. The summed E-state index contributed by atoms with van der Waals surface area (Å²) in [4.78, 5) is 41.6. The average Bonchev–Trinajstić information content (AvgIpc) is 3.23. The number of ether oxygens (including phenoxy) is 3. The van der Waals surface area contributed by atoms with Crippen molar-refractivity contribution in [3.8, 4) is 11.8 Å². The Morgan fingerprint density at radius 1 is 1.10 bits per heavy atom. The van der Waals surface area contributed by atoms with Crippen LogP contribution in [-0.2, 0) is 38.8 Å². The van der Waals surface area contributed by atoms with Crippen LogP contribution in [0, 0.1) is 11.3 Å². The zero-order valence-electron chi connectivity index (χ0n) is 23.3. The number of carbonyl (C=O) groups is 3. The van der Waals surface area contributed by atoms with Crippen molar-refractivity contribution in [3.05, 3.63) is 64.2 Å². The number of hydrogen-bond acceptors (Lipinski definition) is 8. The van der Waals surface area contributed by atoms with E-state index in [1.165, 1.54) is 10.5 Å². The topological polar surface area (TPSA) is 135 Å². The normalized spacial score (nSPS) is 16.2. The monoisotopic (exact) mass is 548 g/mol. The second-order valence-corrected chi connectivity index (χ2v) is 11.1. The van der Waals surface area contributed by atoms with Gasteiger partial charge in [0.25, 0.3) is 5.91 Å². The smallest absolute Gasteiger partial charge is 0.306 e. The van der Waals surface area contributed by atoms with E-state index in [0.29, 0.717) is 22.4 Å². The molecule has 0 radical (unpaired) electrons. The summed E-state index contributed by atoms with van der Waals surface area (Å²) in [5.74, 6) is -1.28. The van der Waals surface area contributed by atoms with E-state index in [2.05, 4.69) is 23.1 Å². The van der Waals surface area contributed by atoms with Gasteiger partial charge in [0.15, 0.2) is 0 Å². The molecule has 40 heavy (non-hydrogen) atoms. The fourth-order valence-electron chi connectivity index (χ4n) is 4.90. The summed E-state index contributed by atoms with van der Waals surface area (Å²) in [6.45, 7) is 9.68. The maximum absolute atomic E-state index is 13.3. The van der Waals surface area contributed by atoms with E-state index in [9.17, 15) is 19.6 Å². The minimum atomic E-state index is -1.01. The van der Waals surface area contributed by atoms with E-state index in [1.807, 2.05) is 12.1 Å². The number of rotatable bonds is 10. The third-order valence-corrected chi connectivity index (χ3v) is 6.86. The number of nitrogens with zero attached hydrogens (tertiary/aromatic N) is 3. The summed E-state index contributed by atoms with van der Waals surface area (Å²) in [7, 11) is 0. The van der Waals surface area contributed by atoms with Gasteiger partial charge in [-0.1, -0.05) is 24.3 Å². The van der Waals surface area contributed by atoms with Crippen molar-refractivity contribution in [2.45, 2.75) is 65.0 Å². The molecule has 1 fully saturated rings. The minimum absolute atomic E-state index is 0.0298. The lowest BCUT2D eigenvalue weighted by atomic mass is 10.0. The molecule has 2 aliphatic rings. The molecule has 10 nitrogen and oxygen atoms in total. The first-order valence-electron chi connectivity index (χ1n) is 13.4. The Labute approximate surface area is 234 Å². The van der Waals surface area contributed by atoms with Gasteiger partial charge < -0.3 is 24.8 Å². The molecule has 4 rings (SSSR count). The molecule has 10 heteroatoms. The molecule has 2 N–H and O–H groups in total. The molecule has 2 amide bonds. The van der Waals surface area contributed by atoms with E-state index >= 15 is 0 Å². The molecule has 1 atom stereocenters. The number of nitriles is 1. The number of nitrogens with two attached hydrogens (primary N) is 1. The number of primary amides is 1. The van der Waals surface area contributed by atoms with E-state index in [-0.39, 0.29) is 26.0 Å². The highest BCUT2D eigenvalue weighted by Gasteiger charge is 2.38. The first-order chi connectivity index (χ1) is 19.1. The Morgan fingerprint density at radius 2 is 1.77 bits per heavy atom. The fraction of sp³-hybridized carbons (Fsp3) is 0.467. The van der Waals surface area contributed by atoms with Gasteiger partial charge in [0, 0.05) is 37.2 Å². The van der Waals surface area contributed by atoms with Crippen LogP contribution in [0.25, 0.3) is 0 Å². The van der Waals surface area contributed by atoms with Gasteiger partial charge in [-0.05, 0) is 50.5 Å². The van der Waals surface area contributed by atoms with E-state index < -0.39 is 29.4 Å². The molecular weight excluding hydrogens is 512 g/mol. The number of benzene rings is 2.